The molecule has 8 heteroatoms. The van der Waals surface area contributed by atoms with E-state index in [2.05, 4.69) is 34.0 Å². The van der Waals surface area contributed by atoms with Gasteiger partial charge in [0.15, 0.2) is 0 Å². The van der Waals surface area contributed by atoms with Crippen molar-refractivity contribution >= 4 is 28.6 Å². The highest BCUT2D eigenvalue weighted by atomic mass is 19.1. The van der Waals surface area contributed by atoms with Gasteiger partial charge < -0.3 is 15.1 Å². The summed E-state index contributed by atoms with van der Waals surface area (Å²) in [5, 5.41) is 3.99. The first-order valence-corrected chi connectivity index (χ1v) is 9.41. The van der Waals surface area contributed by atoms with E-state index < -0.39 is 0 Å². The highest BCUT2D eigenvalue weighted by Gasteiger charge is 2.24. The lowest BCUT2D eigenvalue weighted by molar-refractivity contribution is 0.197. The number of anilines is 2. The standard InChI is InChI=1S/C20H23FN6O/c1-14(2)24-17-12-22-19(23-13-17)25-7-9-26(10-8-25)20(28)27-6-5-15-11-16(21)3-4-18(15)27/h3-6,11-14,24H,7-10H2,1-2H3. The molecule has 1 aliphatic heterocycles. The molecule has 0 atom stereocenters. The van der Waals surface area contributed by atoms with Gasteiger partial charge in [-0.25, -0.2) is 19.2 Å². The number of carbonyl (C=O) groups excluding carboxylic acids is 1. The van der Waals surface area contributed by atoms with Crippen LogP contribution in [0.1, 0.15) is 13.8 Å². The molecule has 0 bridgehead atoms. The molecule has 1 saturated heterocycles. The summed E-state index contributed by atoms with van der Waals surface area (Å²) < 4.78 is 14.9. The zero-order valence-corrected chi connectivity index (χ0v) is 16.0. The Morgan fingerprint density at radius 1 is 1.11 bits per heavy atom. The van der Waals surface area contributed by atoms with Gasteiger partial charge in [-0.15, -0.1) is 0 Å². The number of halogens is 1. The van der Waals surface area contributed by atoms with E-state index in [4.69, 9.17) is 0 Å². The second kappa shape index (κ2) is 7.46. The first-order valence-electron chi connectivity index (χ1n) is 9.41. The molecule has 1 aromatic carbocycles. The van der Waals surface area contributed by atoms with Crippen LogP contribution in [0.3, 0.4) is 0 Å². The minimum Gasteiger partial charge on any atom is -0.380 e. The lowest BCUT2D eigenvalue weighted by Crippen LogP contribution is -2.50. The molecular weight excluding hydrogens is 359 g/mol. The van der Waals surface area contributed by atoms with Crippen LogP contribution in [0.15, 0.2) is 42.9 Å². The molecule has 1 amide bonds. The fourth-order valence-corrected chi connectivity index (χ4v) is 3.42. The molecule has 0 saturated carbocycles. The fraction of sp³-hybridized carbons (Fsp3) is 0.350. The van der Waals surface area contributed by atoms with E-state index >= 15 is 0 Å². The van der Waals surface area contributed by atoms with Crippen molar-refractivity contribution in [2.24, 2.45) is 0 Å². The first kappa shape index (κ1) is 18.2. The predicted molar refractivity (Wildman–Crippen MR) is 107 cm³/mol. The molecule has 146 valence electrons. The third kappa shape index (κ3) is 3.62. The zero-order valence-electron chi connectivity index (χ0n) is 16.0. The van der Waals surface area contributed by atoms with Crippen LogP contribution in [-0.4, -0.2) is 57.7 Å². The summed E-state index contributed by atoms with van der Waals surface area (Å²) in [5.74, 6) is 0.365. The summed E-state index contributed by atoms with van der Waals surface area (Å²) in [6.07, 6.45) is 5.26. The predicted octanol–water partition coefficient (Wildman–Crippen LogP) is 3.18. The minimum absolute atomic E-state index is 0.0985. The van der Waals surface area contributed by atoms with Crippen molar-refractivity contribution in [1.29, 1.82) is 0 Å². The van der Waals surface area contributed by atoms with Crippen molar-refractivity contribution < 1.29 is 9.18 Å². The van der Waals surface area contributed by atoms with Crippen molar-refractivity contribution in [3.8, 4) is 0 Å². The molecule has 3 heterocycles. The largest absolute Gasteiger partial charge is 0.380 e. The van der Waals surface area contributed by atoms with E-state index in [1.807, 2.05) is 0 Å². The maximum Gasteiger partial charge on any atom is 0.328 e. The number of carbonyl (C=O) groups is 1. The van der Waals surface area contributed by atoms with Crippen LogP contribution in [0.5, 0.6) is 0 Å². The van der Waals surface area contributed by atoms with Crippen molar-refractivity contribution in [2.45, 2.75) is 19.9 Å². The van der Waals surface area contributed by atoms with Gasteiger partial charge in [-0.2, -0.15) is 0 Å². The molecule has 0 aliphatic carbocycles. The van der Waals surface area contributed by atoms with Crippen molar-refractivity contribution in [3.05, 3.63) is 48.7 Å². The summed E-state index contributed by atoms with van der Waals surface area (Å²) in [4.78, 5) is 25.6. The number of hydrogen-bond donors (Lipinski definition) is 1. The van der Waals surface area contributed by atoms with E-state index in [9.17, 15) is 9.18 Å². The highest BCUT2D eigenvalue weighted by molar-refractivity contribution is 5.91. The molecule has 0 spiro atoms. The topological polar surface area (TPSA) is 66.3 Å². The van der Waals surface area contributed by atoms with Gasteiger partial charge in [0, 0.05) is 43.8 Å². The number of amides is 1. The van der Waals surface area contributed by atoms with Crippen LogP contribution in [0.4, 0.5) is 20.8 Å². The maximum atomic E-state index is 13.4. The molecule has 1 fully saturated rings. The van der Waals surface area contributed by atoms with Gasteiger partial charge in [-0.3, -0.25) is 4.57 Å². The molecule has 0 unspecified atom stereocenters. The Kier molecular flexibility index (Phi) is 4.85. The third-order valence-corrected chi connectivity index (χ3v) is 4.78. The Morgan fingerprint density at radius 3 is 2.50 bits per heavy atom. The van der Waals surface area contributed by atoms with Gasteiger partial charge in [-0.1, -0.05) is 0 Å². The second-order valence-corrected chi connectivity index (χ2v) is 7.22. The maximum absolute atomic E-state index is 13.4. The van der Waals surface area contributed by atoms with Crippen LogP contribution in [-0.2, 0) is 0 Å². The van der Waals surface area contributed by atoms with Crippen molar-refractivity contribution in [1.82, 2.24) is 19.4 Å². The Hall–Kier alpha value is -3.16. The first-order chi connectivity index (χ1) is 13.5. The summed E-state index contributed by atoms with van der Waals surface area (Å²) in [5.41, 5.74) is 1.61. The molecular formula is C20H23FN6O. The number of nitrogens with one attached hydrogen (secondary N) is 1. The summed E-state index contributed by atoms with van der Waals surface area (Å²) in [6, 6.07) is 6.43. The average molecular weight is 382 g/mol. The van der Waals surface area contributed by atoms with Gasteiger partial charge in [0.25, 0.3) is 0 Å². The monoisotopic (exact) mass is 382 g/mol. The molecule has 2 aromatic heterocycles. The minimum atomic E-state index is -0.305. The molecule has 3 aromatic rings. The van der Waals surface area contributed by atoms with E-state index in [0.717, 1.165) is 11.1 Å². The fourth-order valence-electron chi connectivity index (χ4n) is 3.42. The second-order valence-electron chi connectivity index (χ2n) is 7.22. The highest BCUT2D eigenvalue weighted by Crippen LogP contribution is 2.19. The summed E-state index contributed by atoms with van der Waals surface area (Å²) in [6.45, 7) is 6.61. The SMILES string of the molecule is CC(C)Nc1cnc(N2CCN(C(=O)n3ccc4cc(F)ccc43)CC2)nc1. The molecule has 7 nitrogen and oxygen atoms in total. The Morgan fingerprint density at radius 2 is 1.82 bits per heavy atom. The Labute approximate surface area is 162 Å². The van der Waals surface area contributed by atoms with Crippen LogP contribution < -0.4 is 10.2 Å². The lowest BCUT2D eigenvalue weighted by Gasteiger charge is -2.34. The smallest absolute Gasteiger partial charge is 0.328 e. The van der Waals surface area contributed by atoms with Crippen LogP contribution in [0.25, 0.3) is 10.9 Å². The third-order valence-electron chi connectivity index (χ3n) is 4.78. The van der Waals surface area contributed by atoms with Gasteiger partial charge >= 0.3 is 6.03 Å². The Balaban J connectivity index is 1.41. The van der Waals surface area contributed by atoms with E-state index in [0.29, 0.717) is 43.7 Å². The van der Waals surface area contributed by atoms with E-state index in [1.165, 1.54) is 12.1 Å². The number of rotatable bonds is 3. The zero-order chi connectivity index (χ0) is 19.7. The lowest BCUT2D eigenvalue weighted by atomic mass is 10.2. The average Bonchev–Trinajstić information content (AvgIpc) is 3.10. The summed E-state index contributed by atoms with van der Waals surface area (Å²) in [7, 11) is 0. The molecule has 28 heavy (non-hydrogen) atoms. The number of hydrogen-bond acceptors (Lipinski definition) is 5. The van der Waals surface area contributed by atoms with Gasteiger partial charge in [0.2, 0.25) is 5.95 Å². The molecule has 4 rings (SSSR count). The number of piperazine rings is 1. The molecule has 1 aliphatic rings. The number of fused-ring (bicyclic) bond motifs is 1. The molecule has 0 radical (unpaired) electrons. The van der Waals surface area contributed by atoms with Crippen LogP contribution in [0, 0.1) is 5.82 Å². The van der Waals surface area contributed by atoms with Crippen LogP contribution >= 0.6 is 0 Å². The van der Waals surface area contributed by atoms with Gasteiger partial charge in [0.05, 0.1) is 23.6 Å². The number of benzene rings is 1. The van der Waals surface area contributed by atoms with Crippen LogP contribution in [0.2, 0.25) is 0 Å². The number of aromatic nitrogens is 3. The molecule has 1 N–H and O–H groups in total. The Bertz CT molecular complexity index is 976. The quantitative estimate of drug-likeness (QED) is 0.754. The van der Waals surface area contributed by atoms with Crippen molar-refractivity contribution in [2.75, 3.05) is 36.4 Å². The van der Waals surface area contributed by atoms with E-state index in [1.54, 1.807) is 40.2 Å². The van der Waals surface area contributed by atoms with Crippen molar-refractivity contribution in [3.63, 3.8) is 0 Å². The normalized spacial score (nSPS) is 14.7. The van der Waals surface area contributed by atoms with Gasteiger partial charge in [0.1, 0.15) is 5.82 Å². The number of nitrogens with zero attached hydrogens (tertiary/aromatic N) is 5. The van der Waals surface area contributed by atoms with Gasteiger partial charge in [-0.05, 0) is 38.1 Å². The van der Waals surface area contributed by atoms with E-state index in [-0.39, 0.29) is 11.8 Å². The summed E-state index contributed by atoms with van der Waals surface area (Å²) >= 11 is 0.